The summed E-state index contributed by atoms with van der Waals surface area (Å²) in [6.45, 7) is 11.3. The topological polar surface area (TPSA) is 49.8 Å². The van der Waals surface area contributed by atoms with E-state index < -0.39 is 0 Å². The van der Waals surface area contributed by atoms with Crippen molar-refractivity contribution in [2.45, 2.75) is 46.6 Å². The maximum absolute atomic E-state index is 4.46. The third kappa shape index (κ3) is 4.04. The molecule has 1 aromatic heterocycles. The summed E-state index contributed by atoms with van der Waals surface area (Å²) in [4.78, 5) is 8.87. The van der Waals surface area contributed by atoms with Gasteiger partial charge in [0.25, 0.3) is 0 Å². The largest absolute Gasteiger partial charge is 0.370 e. The number of aromatic nitrogens is 2. The fourth-order valence-corrected chi connectivity index (χ4v) is 1.38. The molecular weight excluding hydrogens is 200 g/mol. The first-order chi connectivity index (χ1) is 7.44. The normalized spacial score (nSPS) is 11.3. The Labute approximate surface area is 97.9 Å². The molecule has 1 aromatic rings. The van der Waals surface area contributed by atoms with E-state index in [0.717, 1.165) is 30.4 Å². The minimum atomic E-state index is 0.0167. The second-order valence-electron chi connectivity index (χ2n) is 4.81. The van der Waals surface area contributed by atoms with Crippen LogP contribution in [0.4, 0.5) is 11.6 Å². The lowest BCUT2D eigenvalue weighted by Crippen LogP contribution is -2.27. The molecule has 0 saturated heterocycles. The predicted octanol–water partition coefficient (Wildman–Crippen LogP) is 2.68. The minimum Gasteiger partial charge on any atom is -0.370 e. The summed E-state index contributed by atoms with van der Waals surface area (Å²) in [7, 11) is 0. The monoisotopic (exact) mass is 222 g/mol. The summed E-state index contributed by atoms with van der Waals surface area (Å²) in [5.41, 5.74) is 0.0167. The number of hydrogen-bond donors (Lipinski definition) is 2. The van der Waals surface area contributed by atoms with E-state index in [9.17, 15) is 0 Å². The Hall–Kier alpha value is -1.32. The Morgan fingerprint density at radius 3 is 2.25 bits per heavy atom. The van der Waals surface area contributed by atoms with Gasteiger partial charge in [-0.2, -0.15) is 0 Å². The molecule has 2 N–H and O–H groups in total. The summed E-state index contributed by atoms with van der Waals surface area (Å²) in [5.74, 6) is 2.64. The van der Waals surface area contributed by atoms with E-state index in [2.05, 4.69) is 55.2 Å². The van der Waals surface area contributed by atoms with Crippen molar-refractivity contribution in [3.05, 3.63) is 11.9 Å². The average molecular weight is 222 g/mol. The molecule has 4 nitrogen and oxygen atoms in total. The molecule has 4 heteroatoms. The lowest BCUT2D eigenvalue weighted by molar-refractivity contribution is 0.629. The predicted molar refractivity (Wildman–Crippen MR) is 68.9 cm³/mol. The molecule has 0 fully saturated rings. The molecule has 0 amide bonds. The van der Waals surface area contributed by atoms with Crippen LogP contribution in [0.5, 0.6) is 0 Å². The zero-order valence-corrected chi connectivity index (χ0v) is 10.9. The number of hydrogen-bond acceptors (Lipinski definition) is 4. The highest BCUT2D eigenvalue weighted by atomic mass is 15.1. The van der Waals surface area contributed by atoms with Crippen LogP contribution in [-0.2, 0) is 6.42 Å². The molecule has 0 aliphatic carbocycles. The molecule has 0 aliphatic heterocycles. The van der Waals surface area contributed by atoms with E-state index in [0.29, 0.717) is 0 Å². The summed E-state index contributed by atoms with van der Waals surface area (Å²) < 4.78 is 0. The van der Waals surface area contributed by atoms with Gasteiger partial charge in [-0.25, -0.2) is 9.97 Å². The Balaban J connectivity index is 2.95. The summed E-state index contributed by atoms with van der Waals surface area (Å²) in [6, 6.07) is 1.95. The van der Waals surface area contributed by atoms with Crippen LogP contribution in [0.15, 0.2) is 6.07 Å². The lowest BCUT2D eigenvalue weighted by atomic mass is 10.1. The van der Waals surface area contributed by atoms with E-state index >= 15 is 0 Å². The molecule has 0 saturated carbocycles. The van der Waals surface area contributed by atoms with Crippen LogP contribution in [0.2, 0.25) is 0 Å². The highest BCUT2D eigenvalue weighted by molar-refractivity contribution is 5.48. The third-order valence-electron chi connectivity index (χ3n) is 1.95. The number of nitrogens with one attached hydrogen (secondary N) is 2. The van der Waals surface area contributed by atoms with Crippen molar-refractivity contribution >= 4 is 11.6 Å². The van der Waals surface area contributed by atoms with Crippen molar-refractivity contribution < 1.29 is 0 Å². The second kappa shape index (κ2) is 5.14. The van der Waals surface area contributed by atoms with Gasteiger partial charge in [-0.15, -0.1) is 0 Å². The number of aryl methyl sites for hydroxylation is 1. The van der Waals surface area contributed by atoms with Crippen LogP contribution in [-0.4, -0.2) is 22.1 Å². The number of anilines is 2. The first-order valence-electron chi connectivity index (χ1n) is 5.84. The third-order valence-corrected chi connectivity index (χ3v) is 1.95. The van der Waals surface area contributed by atoms with Crippen LogP contribution in [0.25, 0.3) is 0 Å². The summed E-state index contributed by atoms with van der Waals surface area (Å²) in [6.07, 6.45) is 0.845. The molecule has 0 atom stereocenters. The van der Waals surface area contributed by atoms with Gasteiger partial charge in [0.2, 0.25) is 0 Å². The van der Waals surface area contributed by atoms with Crippen LogP contribution in [0.1, 0.15) is 40.4 Å². The van der Waals surface area contributed by atoms with Gasteiger partial charge >= 0.3 is 0 Å². The molecule has 0 bridgehead atoms. The molecule has 1 rings (SSSR count). The lowest BCUT2D eigenvalue weighted by Gasteiger charge is -2.22. The van der Waals surface area contributed by atoms with Crippen LogP contribution in [0, 0.1) is 0 Å². The molecule has 0 aliphatic rings. The van der Waals surface area contributed by atoms with Crippen LogP contribution in [0.3, 0.4) is 0 Å². The molecular formula is C12H22N4. The Bertz CT molecular complexity index is 341. The van der Waals surface area contributed by atoms with Crippen LogP contribution < -0.4 is 10.6 Å². The van der Waals surface area contributed by atoms with Gasteiger partial charge < -0.3 is 10.6 Å². The van der Waals surface area contributed by atoms with Gasteiger partial charge in [0, 0.05) is 24.6 Å². The molecule has 0 aromatic carbocycles. The zero-order valence-electron chi connectivity index (χ0n) is 10.9. The van der Waals surface area contributed by atoms with Crippen LogP contribution >= 0.6 is 0 Å². The quantitative estimate of drug-likeness (QED) is 0.822. The average Bonchev–Trinajstić information content (AvgIpc) is 2.15. The minimum absolute atomic E-state index is 0.0167. The van der Waals surface area contributed by atoms with Gasteiger partial charge in [-0.3, -0.25) is 0 Å². The van der Waals surface area contributed by atoms with Crippen molar-refractivity contribution in [1.29, 1.82) is 0 Å². The second-order valence-corrected chi connectivity index (χ2v) is 4.81. The van der Waals surface area contributed by atoms with E-state index in [1.165, 1.54) is 0 Å². The van der Waals surface area contributed by atoms with E-state index in [1.807, 2.05) is 6.07 Å². The smallest absolute Gasteiger partial charge is 0.132 e. The Morgan fingerprint density at radius 2 is 1.75 bits per heavy atom. The van der Waals surface area contributed by atoms with Crippen molar-refractivity contribution in [3.63, 3.8) is 0 Å². The standard InChI is InChI=1S/C12H22N4/c1-6-9-14-10(13-7-2)8-11(15-9)16-12(3,4)5/h8H,6-7H2,1-5H3,(H2,13,14,15,16). The van der Waals surface area contributed by atoms with E-state index in [-0.39, 0.29) is 5.54 Å². The maximum atomic E-state index is 4.46. The van der Waals surface area contributed by atoms with Crippen molar-refractivity contribution in [3.8, 4) is 0 Å². The molecule has 1 heterocycles. The number of rotatable bonds is 4. The zero-order chi connectivity index (χ0) is 12.2. The van der Waals surface area contributed by atoms with Gasteiger partial charge in [-0.1, -0.05) is 6.92 Å². The van der Waals surface area contributed by atoms with Crippen molar-refractivity contribution in [2.24, 2.45) is 0 Å². The first kappa shape index (κ1) is 12.7. The van der Waals surface area contributed by atoms with Gasteiger partial charge in [0.05, 0.1) is 0 Å². The van der Waals surface area contributed by atoms with Gasteiger partial charge in [0.15, 0.2) is 0 Å². The Kier molecular flexibility index (Phi) is 4.10. The van der Waals surface area contributed by atoms with Gasteiger partial charge in [0.1, 0.15) is 17.5 Å². The molecule has 16 heavy (non-hydrogen) atoms. The summed E-state index contributed by atoms with van der Waals surface area (Å²) in [5, 5.41) is 6.58. The van der Waals surface area contributed by atoms with Crippen molar-refractivity contribution in [1.82, 2.24) is 9.97 Å². The molecule has 90 valence electrons. The fraction of sp³-hybridized carbons (Fsp3) is 0.667. The maximum Gasteiger partial charge on any atom is 0.132 e. The summed E-state index contributed by atoms with van der Waals surface area (Å²) >= 11 is 0. The Morgan fingerprint density at radius 1 is 1.12 bits per heavy atom. The van der Waals surface area contributed by atoms with E-state index in [4.69, 9.17) is 0 Å². The molecule has 0 radical (unpaired) electrons. The highest BCUT2D eigenvalue weighted by Crippen LogP contribution is 2.16. The highest BCUT2D eigenvalue weighted by Gasteiger charge is 2.11. The van der Waals surface area contributed by atoms with Crippen molar-refractivity contribution in [2.75, 3.05) is 17.2 Å². The van der Waals surface area contributed by atoms with E-state index in [1.54, 1.807) is 0 Å². The number of nitrogens with zero attached hydrogens (tertiary/aromatic N) is 2. The SMILES string of the molecule is CCNc1cc(NC(C)(C)C)nc(CC)n1. The first-order valence-corrected chi connectivity index (χ1v) is 5.84. The molecule has 0 spiro atoms. The molecule has 0 unspecified atom stereocenters. The van der Waals surface area contributed by atoms with Gasteiger partial charge in [-0.05, 0) is 27.7 Å². The fourth-order valence-electron chi connectivity index (χ4n) is 1.38.